The molecule has 2 heterocycles. The predicted octanol–water partition coefficient (Wildman–Crippen LogP) is 5.63. The lowest BCUT2D eigenvalue weighted by molar-refractivity contribution is -0.115. The van der Waals surface area contributed by atoms with Crippen LogP contribution in [0.5, 0.6) is 5.75 Å². The number of aryl methyl sites for hydroxylation is 2. The molecule has 4 rings (SSSR count). The summed E-state index contributed by atoms with van der Waals surface area (Å²) in [6.45, 7) is 6.08. The van der Waals surface area contributed by atoms with Crippen molar-refractivity contribution in [2.75, 3.05) is 5.32 Å². The Labute approximate surface area is 207 Å². The lowest BCUT2D eigenvalue weighted by Gasteiger charge is -2.15. The van der Waals surface area contributed by atoms with E-state index in [-0.39, 0.29) is 12.5 Å². The van der Waals surface area contributed by atoms with E-state index < -0.39 is 5.25 Å². The molecular formula is C25H24ClN5O2S. The monoisotopic (exact) mass is 493 g/mol. The Morgan fingerprint density at radius 2 is 1.79 bits per heavy atom. The van der Waals surface area contributed by atoms with Gasteiger partial charge in [0.15, 0.2) is 11.0 Å². The highest BCUT2D eigenvalue weighted by molar-refractivity contribution is 8.00. The highest BCUT2D eigenvalue weighted by Crippen LogP contribution is 2.28. The summed E-state index contributed by atoms with van der Waals surface area (Å²) in [5.41, 5.74) is 3.00. The number of benzene rings is 2. The van der Waals surface area contributed by atoms with Crippen LogP contribution in [0.3, 0.4) is 0 Å². The molecule has 0 aliphatic carbocycles. The maximum Gasteiger partial charge on any atom is 0.238 e. The molecule has 34 heavy (non-hydrogen) atoms. The van der Waals surface area contributed by atoms with Gasteiger partial charge in [0.2, 0.25) is 5.91 Å². The zero-order valence-electron chi connectivity index (χ0n) is 19.0. The Morgan fingerprint density at radius 3 is 2.47 bits per heavy atom. The van der Waals surface area contributed by atoms with Crippen molar-refractivity contribution >= 4 is 35.1 Å². The molecule has 0 saturated heterocycles. The molecule has 4 aromatic rings. The molecule has 0 fully saturated rings. The van der Waals surface area contributed by atoms with Gasteiger partial charge in [0.25, 0.3) is 0 Å². The van der Waals surface area contributed by atoms with Crippen LogP contribution >= 0.6 is 23.4 Å². The molecule has 2 aromatic heterocycles. The molecule has 0 aliphatic heterocycles. The number of carbonyl (C=O) groups is 1. The van der Waals surface area contributed by atoms with E-state index in [0.29, 0.717) is 21.8 Å². The molecule has 0 aliphatic rings. The van der Waals surface area contributed by atoms with E-state index in [1.165, 1.54) is 18.0 Å². The van der Waals surface area contributed by atoms with E-state index >= 15 is 0 Å². The number of thioether (sulfide) groups is 1. The molecule has 7 nitrogen and oxygen atoms in total. The van der Waals surface area contributed by atoms with Crippen LogP contribution < -0.4 is 10.1 Å². The summed E-state index contributed by atoms with van der Waals surface area (Å²) in [5, 5.41) is 12.2. The third kappa shape index (κ3) is 5.58. The summed E-state index contributed by atoms with van der Waals surface area (Å²) in [5.74, 6) is 1.72. The van der Waals surface area contributed by atoms with Crippen LogP contribution in [-0.2, 0) is 11.4 Å². The summed E-state index contributed by atoms with van der Waals surface area (Å²) in [6.07, 6.45) is 1.49. The second-order valence-electron chi connectivity index (χ2n) is 7.69. The number of para-hydroxylation sites is 2. The van der Waals surface area contributed by atoms with Crippen molar-refractivity contribution in [3.63, 3.8) is 0 Å². The van der Waals surface area contributed by atoms with E-state index in [9.17, 15) is 4.79 Å². The first-order chi connectivity index (χ1) is 16.4. The van der Waals surface area contributed by atoms with E-state index in [2.05, 4.69) is 20.5 Å². The minimum Gasteiger partial charge on any atom is -0.485 e. The molecule has 2 aromatic carbocycles. The van der Waals surface area contributed by atoms with Gasteiger partial charge in [-0.3, -0.25) is 9.36 Å². The third-order valence-electron chi connectivity index (χ3n) is 5.10. The molecule has 0 saturated carbocycles. The molecular weight excluding hydrogens is 470 g/mol. The second kappa shape index (κ2) is 10.7. The van der Waals surface area contributed by atoms with E-state index in [1.54, 1.807) is 12.1 Å². The van der Waals surface area contributed by atoms with Gasteiger partial charge in [0.1, 0.15) is 18.2 Å². The number of amides is 1. The summed E-state index contributed by atoms with van der Waals surface area (Å²) in [6, 6.07) is 19.2. The number of pyridine rings is 1. The fraction of sp³-hybridized carbons (Fsp3) is 0.200. The average molecular weight is 494 g/mol. The van der Waals surface area contributed by atoms with Gasteiger partial charge in [-0.2, -0.15) is 0 Å². The number of anilines is 1. The van der Waals surface area contributed by atoms with Crippen molar-refractivity contribution in [1.29, 1.82) is 0 Å². The number of rotatable bonds is 8. The Morgan fingerprint density at radius 1 is 1.06 bits per heavy atom. The Bertz CT molecular complexity index is 1260. The van der Waals surface area contributed by atoms with E-state index in [1.807, 2.05) is 73.9 Å². The highest BCUT2D eigenvalue weighted by Gasteiger charge is 2.22. The molecule has 0 unspecified atom stereocenters. The van der Waals surface area contributed by atoms with E-state index in [4.69, 9.17) is 16.3 Å². The van der Waals surface area contributed by atoms with E-state index in [0.717, 1.165) is 22.6 Å². The quantitative estimate of drug-likeness (QED) is 0.320. The first kappa shape index (κ1) is 23.8. The average Bonchev–Trinajstić information content (AvgIpc) is 3.23. The number of aromatic nitrogens is 4. The number of nitrogens with one attached hydrogen (secondary N) is 1. The van der Waals surface area contributed by atoms with Crippen LogP contribution in [0.25, 0.3) is 5.69 Å². The van der Waals surface area contributed by atoms with Crippen LogP contribution in [0.1, 0.15) is 23.9 Å². The fourth-order valence-corrected chi connectivity index (χ4v) is 4.36. The highest BCUT2D eigenvalue weighted by atomic mass is 35.5. The third-order valence-corrected chi connectivity index (χ3v) is 6.37. The summed E-state index contributed by atoms with van der Waals surface area (Å²) < 4.78 is 8.06. The number of carbonyl (C=O) groups excluding carboxylic acids is 1. The lowest BCUT2D eigenvalue weighted by atomic mass is 10.1. The van der Waals surface area contributed by atoms with Crippen LogP contribution in [-0.4, -0.2) is 30.9 Å². The largest absolute Gasteiger partial charge is 0.485 e. The van der Waals surface area contributed by atoms with Gasteiger partial charge in [0.05, 0.1) is 10.3 Å². The van der Waals surface area contributed by atoms with Crippen molar-refractivity contribution < 1.29 is 9.53 Å². The van der Waals surface area contributed by atoms with Gasteiger partial charge in [0, 0.05) is 11.9 Å². The first-order valence-corrected chi connectivity index (χ1v) is 12.0. The van der Waals surface area contributed by atoms with Gasteiger partial charge in [-0.05, 0) is 56.2 Å². The number of halogens is 1. The van der Waals surface area contributed by atoms with Crippen LogP contribution in [0.15, 0.2) is 72.0 Å². The maximum absolute atomic E-state index is 12.8. The zero-order valence-corrected chi connectivity index (χ0v) is 20.6. The Kier molecular flexibility index (Phi) is 7.49. The summed E-state index contributed by atoms with van der Waals surface area (Å²) >= 11 is 7.18. The molecule has 9 heteroatoms. The number of hydrogen-bond donors (Lipinski definition) is 1. The van der Waals surface area contributed by atoms with Crippen molar-refractivity contribution in [2.24, 2.45) is 0 Å². The Hall–Kier alpha value is -3.36. The maximum atomic E-state index is 12.8. The van der Waals surface area contributed by atoms with Crippen molar-refractivity contribution in [2.45, 2.75) is 37.8 Å². The smallest absolute Gasteiger partial charge is 0.238 e. The van der Waals surface area contributed by atoms with Crippen molar-refractivity contribution in [1.82, 2.24) is 19.7 Å². The molecule has 174 valence electrons. The SMILES string of the molecule is Cc1cccc(C)c1OCc1nnc(S[C@H](C)C(=O)Nc2ccc(Cl)cn2)n1-c1ccccc1. The minimum absolute atomic E-state index is 0.198. The second-order valence-corrected chi connectivity index (χ2v) is 9.43. The molecule has 1 amide bonds. The normalized spacial score (nSPS) is 11.8. The van der Waals surface area contributed by atoms with Gasteiger partial charge in [-0.1, -0.05) is 59.8 Å². The van der Waals surface area contributed by atoms with Crippen LogP contribution in [0.4, 0.5) is 5.82 Å². The van der Waals surface area contributed by atoms with Crippen LogP contribution in [0.2, 0.25) is 5.02 Å². The fourth-order valence-electron chi connectivity index (χ4n) is 3.36. The summed E-state index contributed by atoms with van der Waals surface area (Å²) in [7, 11) is 0. The molecule has 0 radical (unpaired) electrons. The van der Waals surface area contributed by atoms with Gasteiger partial charge in [-0.15, -0.1) is 10.2 Å². The number of nitrogens with zero attached hydrogens (tertiary/aromatic N) is 4. The lowest BCUT2D eigenvalue weighted by Crippen LogP contribution is -2.23. The molecule has 0 bridgehead atoms. The standard InChI is InChI=1S/C25H24ClN5O2S/c1-16-8-7-9-17(2)23(16)33-15-22-29-30-25(31(22)20-10-5-4-6-11-20)34-18(3)24(32)28-21-13-12-19(26)14-27-21/h4-14,18H,15H2,1-3H3,(H,27,28,32)/t18-/m1/s1. The number of hydrogen-bond acceptors (Lipinski definition) is 6. The predicted molar refractivity (Wildman–Crippen MR) is 135 cm³/mol. The summed E-state index contributed by atoms with van der Waals surface area (Å²) in [4.78, 5) is 16.9. The number of ether oxygens (including phenoxy) is 1. The van der Waals surface area contributed by atoms with Crippen molar-refractivity contribution in [3.05, 3.63) is 88.8 Å². The molecule has 0 spiro atoms. The zero-order chi connectivity index (χ0) is 24.1. The van der Waals surface area contributed by atoms with Crippen LogP contribution in [0, 0.1) is 13.8 Å². The van der Waals surface area contributed by atoms with Gasteiger partial charge in [-0.25, -0.2) is 4.98 Å². The topological polar surface area (TPSA) is 81.9 Å². The van der Waals surface area contributed by atoms with Gasteiger partial charge >= 0.3 is 0 Å². The Balaban J connectivity index is 1.55. The molecule has 1 N–H and O–H groups in total. The molecule has 1 atom stereocenters. The van der Waals surface area contributed by atoms with Gasteiger partial charge < -0.3 is 10.1 Å². The first-order valence-electron chi connectivity index (χ1n) is 10.7. The van der Waals surface area contributed by atoms with Crippen molar-refractivity contribution in [3.8, 4) is 11.4 Å². The minimum atomic E-state index is -0.448.